The Morgan fingerprint density at radius 3 is 2.40 bits per heavy atom. The summed E-state index contributed by atoms with van der Waals surface area (Å²) in [5.41, 5.74) is 3.00. The average molecular weight is 419 g/mol. The summed E-state index contributed by atoms with van der Waals surface area (Å²) in [6, 6.07) is 6.82. The van der Waals surface area contributed by atoms with Gasteiger partial charge in [-0.05, 0) is 51.1 Å². The number of nitrogens with zero attached hydrogens (tertiary/aromatic N) is 3. The molecule has 0 unspecified atom stereocenters. The van der Waals surface area contributed by atoms with Crippen LogP contribution in [0.4, 0.5) is 17.6 Å². The highest BCUT2D eigenvalue weighted by Crippen LogP contribution is 2.36. The van der Waals surface area contributed by atoms with E-state index in [1.807, 2.05) is 37.5 Å². The van der Waals surface area contributed by atoms with Gasteiger partial charge in [0.15, 0.2) is 0 Å². The number of aromatic nitrogens is 3. The van der Waals surface area contributed by atoms with Gasteiger partial charge in [-0.2, -0.15) is 13.2 Å². The number of fused-ring (bicyclic) bond motifs is 1. The molecule has 3 aromatic rings. The third-order valence-electron chi connectivity index (χ3n) is 5.14. The Bertz CT molecular complexity index is 1080. The number of rotatable bonds is 2. The Balaban J connectivity index is 1.94. The van der Waals surface area contributed by atoms with Crippen molar-refractivity contribution in [2.24, 2.45) is 0 Å². The molecule has 1 atom stereocenters. The molecule has 4 rings (SSSR count). The second-order valence-electron chi connectivity index (χ2n) is 7.60. The number of ether oxygens (including phenoxy) is 1. The zero-order valence-corrected chi connectivity index (χ0v) is 16.8. The lowest BCUT2D eigenvalue weighted by molar-refractivity contribution is -0.139. The molecule has 4 nitrogen and oxygen atoms in total. The lowest BCUT2D eigenvalue weighted by Gasteiger charge is -2.14. The predicted octanol–water partition coefficient (Wildman–Crippen LogP) is 5.35. The van der Waals surface area contributed by atoms with E-state index < -0.39 is 17.6 Å². The molecule has 158 valence electrons. The number of halogens is 4. The lowest BCUT2D eigenvalue weighted by atomic mass is 10.1. The summed E-state index contributed by atoms with van der Waals surface area (Å²) in [6.45, 7) is 6.60. The molecule has 0 aliphatic carbocycles. The second kappa shape index (κ2) is 7.50. The van der Waals surface area contributed by atoms with Crippen LogP contribution in [0.1, 0.15) is 29.6 Å². The molecular weight excluding hydrogens is 398 g/mol. The van der Waals surface area contributed by atoms with Gasteiger partial charge < -0.3 is 9.30 Å². The van der Waals surface area contributed by atoms with Gasteiger partial charge in [0.05, 0.1) is 30.5 Å². The monoisotopic (exact) mass is 419 g/mol. The molecule has 0 bridgehead atoms. The van der Waals surface area contributed by atoms with Crippen LogP contribution in [0.3, 0.4) is 0 Å². The summed E-state index contributed by atoms with van der Waals surface area (Å²) < 4.78 is 61.3. The van der Waals surface area contributed by atoms with E-state index >= 15 is 0 Å². The number of imidazole rings is 1. The number of pyridine rings is 1. The lowest BCUT2D eigenvalue weighted by Crippen LogP contribution is -2.15. The molecule has 30 heavy (non-hydrogen) atoms. The van der Waals surface area contributed by atoms with Gasteiger partial charge in [0, 0.05) is 34.6 Å². The van der Waals surface area contributed by atoms with E-state index in [9.17, 15) is 17.6 Å². The number of alkyl halides is 3. The standard InChI is InChI=1S/C22H21F4N3O/c1-12-8-16(9-13(2)27-12)20-19-6-7-30-14(3)11-29(19)21(28-20)15-4-5-18(23)17(10-15)22(24,25)26/h4-5,8-10,14H,6-7,11H2,1-3H3/t14-/m1/s1. The Kier molecular flexibility index (Phi) is 5.13. The van der Waals surface area contributed by atoms with Gasteiger partial charge >= 0.3 is 6.18 Å². The van der Waals surface area contributed by atoms with Crippen molar-refractivity contribution in [1.29, 1.82) is 0 Å². The van der Waals surface area contributed by atoms with Crippen molar-refractivity contribution in [3.05, 3.63) is 58.8 Å². The quantitative estimate of drug-likeness (QED) is 0.526. The fraction of sp³-hybridized carbons (Fsp3) is 0.364. The highest BCUT2D eigenvalue weighted by Gasteiger charge is 2.35. The number of hydrogen-bond acceptors (Lipinski definition) is 3. The molecule has 0 radical (unpaired) electrons. The number of benzene rings is 1. The van der Waals surface area contributed by atoms with Gasteiger partial charge in [0.2, 0.25) is 0 Å². The van der Waals surface area contributed by atoms with Crippen molar-refractivity contribution < 1.29 is 22.3 Å². The predicted molar refractivity (Wildman–Crippen MR) is 104 cm³/mol. The van der Waals surface area contributed by atoms with Gasteiger partial charge in [-0.15, -0.1) is 0 Å². The maximum absolute atomic E-state index is 13.8. The van der Waals surface area contributed by atoms with Crippen LogP contribution < -0.4 is 0 Å². The largest absolute Gasteiger partial charge is 0.419 e. The number of hydrogen-bond donors (Lipinski definition) is 0. The van der Waals surface area contributed by atoms with Crippen molar-refractivity contribution in [1.82, 2.24) is 14.5 Å². The van der Waals surface area contributed by atoms with Crippen molar-refractivity contribution in [2.75, 3.05) is 6.61 Å². The first-order chi connectivity index (χ1) is 14.1. The van der Waals surface area contributed by atoms with Gasteiger partial charge in [0.1, 0.15) is 11.6 Å². The summed E-state index contributed by atoms with van der Waals surface area (Å²) in [5, 5.41) is 0. The summed E-state index contributed by atoms with van der Waals surface area (Å²) >= 11 is 0. The molecule has 0 N–H and O–H groups in total. The van der Waals surface area contributed by atoms with Crippen molar-refractivity contribution in [3.63, 3.8) is 0 Å². The van der Waals surface area contributed by atoms with E-state index in [0.717, 1.165) is 34.8 Å². The zero-order valence-electron chi connectivity index (χ0n) is 16.8. The molecule has 2 aromatic heterocycles. The first-order valence-electron chi connectivity index (χ1n) is 9.67. The van der Waals surface area contributed by atoms with E-state index in [1.165, 1.54) is 6.07 Å². The molecule has 1 aliphatic heterocycles. The fourth-order valence-electron chi connectivity index (χ4n) is 3.91. The molecule has 1 aromatic carbocycles. The maximum Gasteiger partial charge on any atom is 0.419 e. The van der Waals surface area contributed by atoms with Crippen LogP contribution in [0.15, 0.2) is 30.3 Å². The molecule has 1 aliphatic rings. The van der Waals surface area contributed by atoms with Crippen molar-refractivity contribution in [3.8, 4) is 22.6 Å². The minimum absolute atomic E-state index is 0.129. The average Bonchev–Trinajstić information content (AvgIpc) is 2.87. The Hall–Kier alpha value is -2.74. The molecule has 0 saturated heterocycles. The van der Waals surface area contributed by atoms with Crippen LogP contribution in [-0.4, -0.2) is 27.2 Å². The Morgan fingerprint density at radius 2 is 1.73 bits per heavy atom. The third kappa shape index (κ3) is 3.84. The molecule has 0 saturated carbocycles. The highest BCUT2D eigenvalue weighted by molar-refractivity contribution is 5.69. The Labute approximate surface area is 171 Å². The molecule has 3 heterocycles. The van der Waals surface area contributed by atoms with Gasteiger partial charge in [0.25, 0.3) is 0 Å². The Morgan fingerprint density at radius 1 is 1.03 bits per heavy atom. The van der Waals surface area contributed by atoms with Crippen LogP contribution in [0.5, 0.6) is 0 Å². The second-order valence-corrected chi connectivity index (χ2v) is 7.60. The molecule has 0 fully saturated rings. The fourth-order valence-corrected chi connectivity index (χ4v) is 3.91. The third-order valence-corrected chi connectivity index (χ3v) is 5.14. The minimum Gasteiger partial charge on any atom is -0.376 e. The zero-order chi connectivity index (χ0) is 21.6. The van der Waals surface area contributed by atoms with Crippen molar-refractivity contribution >= 4 is 0 Å². The van der Waals surface area contributed by atoms with Crippen LogP contribution in [0.2, 0.25) is 0 Å². The topological polar surface area (TPSA) is 39.9 Å². The van der Waals surface area contributed by atoms with Crippen LogP contribution in [0, 0.1) is 19.7 Å². The molecule has 0 spiro atoms. The summed E-state index contributed by atoms with van der Waals surface area (Å²) in [7, 11) is 0. The van der Waals surface area contributed by atoms with E-state index in [1.54, 1.807) is 0 Å². The van der Waals surface area contributed by atoms with E-state index in [-0.39, 0.29) is 11.7 Å². The summed E-state index contributed by atoms with van der Waals surface area (Å²) in [4.78, 5) is 9.12. The number of aryl methyl sites for hydroxylation is 2. The van der Waals surface area contributed by atoms with Crippen molar-refractivity contribution in [2.45, 2.75) is 46.0 Å². The molecule has 0 amide bonds. The van der Waals surface area contributed by atoms with E-state index in [0.29, 0.717) is 31.1 Å². The van der Waals surface area contributed by atoms with E-state index in [4.69, 9.17) is 9.72 Å². The summed E-state index contributed by atoms with van der Waals surface area (Å²) in [5.74, 6) is -0.929. The normalized spacial score (nSPS) is 17.0. The summed E-state index contributed by atoms with van der Waals surface area (Å²) in [6.07, 6.45) is -4.34. The van der Waals surface area contributed by atoms with Crippen LogP contribution >= 0.6 is 0 Å². The van der Waals surface area contributed by atoms with Gasteiger partial charge in [-0.1, -0.05) is 0 Å². The smallest absolute Gasteiger partial charge is 0.376 e. The highest BCUT2D eigenvalue weighted by atomic mass is 19.4. The van der Waals surface area contributed by atoms with Crippen LogP contribution in [-0.2, 0) is 23.9 Å². The first kappa shape index (κ1) is 20.5. The molecular formula is C22H21F4N3O. The van der Waals surface area contributed by atoms with E-state index in [2.05, 4.69) is 4.98 Å². The van der Waals surface area contributed by atoms with Crippen LogP contribution in [0.25, 0.3) is 22.6 Å². The molecule has 8 heteroatoms. The first-order valence-corrected chi connectivity index (χ1v) is 9.67. The maximum atomic E-state index is 13.8. The van der Waals surface area contributed by atoms with Gasteiger partial charge in [-0.3, -0.25) is 4.98 Å². The van der Waals surface area contributed by atoms with Gasteiger partial charge in [-0.25, -0.2) is 9.37 Å². The minimum atomic E-state index is -4.78. The SMILES string of the molecule is Cc1cc(-c2nc(-c3ccc(F)c(C(F)(F)F)c3)n3c2CCO[C@H](C)C3)cc(C)n1.